The molecule has 0 unspecified atom stereocenters. The zero-order chi connectivity index (χ0) is 13.7. The number of rotatable bonds is 3. The van der Waals surface area contributed by atoms with E-state index in [4.69, 9.17) is 0 Å². The van der Waals surface area contributed by atoms with Crippen molar-refractivity contribution in [2.45, 2.75) is 0 Å². The molecule has 0 spiro atoms. The highest BCUT2D eigenvalue weighted by Gasteiger charge is 2.13. The Morgan fingerprint density at radius 2 is 2.21 bits per heavy atom. The molecule has 19 heavy (non-hydrogen) atoms. The quantitative estimate of drug-likeness (QED) is 0.496. The average molecular weight is 260 g/mol. The molecule has 0 atom stereocenters. The summed E-state index contributed by atoms with van der Waals surface area (Å²) in [7, 11) is 0. The Balaban J connectivity index is 2.03. The number of benzene rings is 1. The second-order valence-corrected chi connectivity index (χ2v) is 4.17. The fraction of sp³-hybridized carbons (Fsp3) is 0.308. The molecule has 1 aliphatic rings. The van der Waals surface area contributed by atoms with Crippen molar-refractivity contribution < 1.29 is 9.72 Å². The molecule has 0 aromatic heterocycles. The number of nitro benzene ring substituents is 1. The number of nitrogens with zero attached hydrogens (tertiary/aromatic N) is 2. The minimum atomic E-state index is -0.504. The van der Waals surface area contributed by atoms with Gasteiger partial charge in [-0.1, -0.05) is 6.07 Å². The van der Waals surface area contributed by atoms with Gasteiger partial charge in [0.2, 0.25) is 5.91 Å². The highest BCUT2D eigenvalue weighted by molar-refractivity contribution is 5.91. The predicted molar refractivity (Wildman–Crippen MR) is 70.4 cm³/mol. The summed E-state index contributed by atoms with van der Waals surface area (Å²) in [6.07, 6.45) is 3.04. The van der Waals surface area contributed by atoms with Crippen LogP contribution in [0.15, 0.2) is 24.3 Å². The predicted octanol–water partition coefficient (Wildman–Crippen LogP) is 0.840. The first kappa shape index (κ1) is 13.2. The van der Waals surface area contributed by atoms with Crippen molar-refractivity contribution in [2.75, 3.05) is 26.2 Å². The van der Waals surface area contributed by atoms with Crippen molar-refractivity contribution in [3.63, 3.8) is 0 Å². The Bertz CT molecular complexity index is 508. The first-order valence-corrected chi connectivity index (χ1v) is 6.00. The van der Waals surface area contributed by atoms with Gasteiger partial charge in [0.1, 0.15) is 0 Å². The lowest BCUT2D eigenvalue weighted by Gasteiger charge is -2.26. The largest absolute Gasteiger partial charge is 0.337 e. The van der Waals surface area contributed by atoms with Crippen LogP contribution in [0.4, 0.5) is 5.69 Å². The number of nitrogens with one attached hydrogen (secondary N) is 1. The minimum Gasteiger partial charge on any atom is -0.337 e. The molecule has 2 rings (SSSR count). The monoisotopic (exact) mass is 260 g/mol. The van der Waals surface area contributed by atoms with Crippen LogP contribution in [-0.4, -0.2) is 41.9 Å². The molecular weight excluding hydrogens is 246 g/mol. The normalized spacial score (nSPS) is 15.7. The van der Waals surface area contributed by atoms with E-state index in [1.165, 1.54) is 18.2 Å². The fourth-order valence-electron chi connectivity index (χ4n) is 1.84. The zero-order valence-corrected chi connectivity index (χ0v) is 10.3. The van der Waals surface area contributed by atoms with Crippen molar-refractivity contribution >= 4 is 17.7 Å². The van der Waals surface area contributed by atoms with Crippen LogP contribution in [0, 0.1) is 16.2 Å². The second kappa shape index (κ2) is 6.10. The van der Waals surface area contributed by atoms with Gasteiger partial charge in [0.05, 0.1) is 11.0 Å². The van der Waals surface area contributed by atoms with Crippen LogP contribution in [0.25, 0.3) is 6.08 Å². The third-order valence-electron chi connectivity index (χ3n) is 2.85. The lowest BCUT2D eigenvalue weighted by atomic mass is 10.2. The van der Waals surface area contributed by atoms with E-state index in [1.807, 2.05) is 0 Å². The van der Waals surface area contributed by atoms with Crippen LogP contribution >= 0.6 is 0 Å². The molecule has 0 bridgehead atoms. The maximum atomic E-state index is 11.9. The van der Waals surface area contributed by atoms with Crippen LogP contribution < -0.4 is 5.32 Å². The molecule has 1 amide bonds. The van der Waals surface area contributed by atoms with E-state index in [2.05, 4.69) is 11.4 Å². The van der Waals surface area contributed by atoms with Gasteiger partial charge in [-0.15, -0.1) is 0 Å². The van der Waals surface area contributed by atoms with E-state index >= 15 is 0 Å². The van der Waals surface area contributed by atoms with E-state index < -0.39 is 4.92 Å². The number of hydrogen-bond donors (Lipinski definition) is 1. The topological polar surface area (TPSA) is 75.5 Å². The van der Waals surface area contributed by atoms with Crippen molar-refractivity contribution in [1.82, 2.24) is 10.2 Å². The summed E-state index contributed by atoms with van der Waals surface area (Å²) in [5, 5.41) is 13.8. The first-order chi connectivity index (χ1) is 9.16. The Kier molecular flexibility index (Phi) is 4.25. The molecule has 1 aromatic carbocycles. The SMILES string of the molecule is O=C(/C=C/c1cc[c]c([N+](=O)[O-])c1)N1CCNCC1. The van der Waals surface area contributed by atoms with Gasteiger partial charge in [-0.05, 0) is 17.7 Å². The van der Waals surface area contributed by atoms with E-state index in [9.17, 15) is 14.9 Å². The summed E-state index contributed by atoms with van der Waals surface area (Å²) in [6.45, 7) is 2.97. The van der Waals surface area contributed by atoms with Gasteiger partial charge < -0.3 is 10.2 Å². The molecule has 6 nitrogen and oxygen atoms in total. The van der Waals surface area contributed by atoms with E-state index in [0.717, 1.165) is 13.1 Å². The smallest absolute Gasteiger partial charge is 0.278 e. The molecule has 0 saturated carbocycles. The lowest BCUT2D eigenvalue weighted by Crippen LogP contribution is -2.45. The van der Waals surface area contributed by atoms with Crippen LogP contribution in [0.1, 0.15) is 5.56 Å². The summed E-state index contributed by atoms with van der Waals surface area (Å²) in [5.74, 6) is -0.0722. The van der Waals surface area contributed by atoms with Gasteiger partial charge in [0, 0.05) is 38.3 Å². The molecule has 99 valence electrons. The number of non-ortho nitro benzene ring substituents is 1. The molecule has 1 aliphatic heterocycles. The third kappa shape index (κ3) is 3.62. The Morgan fingerprint density at radius 3 is 2.89 bits per heavy atom. The van der Waals surface area contributed by atoms with Gasteiger partial charge in [0.15, 0.2) is 0 Å². The maximum absolute atomic E-state index is 11.9. The van der Waals surface area contributed by atoms with Gasteiger partial charge in [0.25, 0.3) is 5.69 Å². The summed E-state index contributed by atoms with van der Waals surface area (Å²) < 4.78 is 0. The molecule has 0 aliphatic carbocycles. The maximum Gasteiger partial charge on any atom is 0.278 e. The fourth-order valence-corrected chi connectivity index (χ4v) is 1.84. The van der Waals surface area contributed by atoms with Crippen molar-refractivity contribution in [2.24, 2.45) is 0 Å². The summed E-state index contributed by atoms with van der Waals surface area (Å²) in [5.41, 5.74) is 0.519. The molecule has 1 aromatic rings. The minimum absolute atomic E-state index is 0.0722. The number of carbonyl (C=O) groups is 1. The molecule has 1 radical (unpaired) electrons. The Morgan fingerprint density at radius 1 is 1.47 bits per heavy atom. The third-order valence-corrected chi connectivity index (χ3v) is 2.85. The summed E-state index contributed by atoms with van der Waals surface area (Å²) in [4.78, 5) is 23.7. The van der Waals surface area contributed by atoms with E-state index in [1.54, 1.807) is 17.0 Å². The van der Waals surface area contributed by atoms with Gasteiger partial charge in [-0.25, -0.2) is 0 Å². The first-order valence-electron chi connectivity index (χ1n) is 6.00. The zero-order valence-electron chi connectivity index (χ0n) is 10.3. The van der Waals surface area contributed by atoms with Crippen molar-refractivity contribution in [3.05, 3.63) is 46.0 Å². The van der Waals surface area contributed by atoms with E-state index in [-0.39, 0.29) is 11.6 Å². The molecule has 1 N–H and O–H groups in total. The van der Waals surface area contributed by atoms with Crippen molar-refractivity contribution in [1.29, 1.82) is 0 Å². The molecule has 1 heterocycles. The highest BCUT2D eigenvalue weighted by Crippen LogP contribution is 2.13. The average Bonchev–Trinajstić information content (AvgIpc) is 2.46. The highest BCUT2D eigenvalue weighted by atomic mass is 16.6. The van der Waals surface area contributed by atoms with Crippen LogP contribution in [0.2, 0.25) is 0 Å². The molecule has 6 heteroatoms. The molecule has 1 saturated heterocycles. The number of hydrogen-bond acceptors (Lipinski definition) is 4. The molecular formula is C13H14N3O3. The van der Waals surface area contributed by atoms with Crippen molar-refractivity contribution in [3.8, 4) is 0 Å². The van der Waals surface area contributed by atoms with Crippen LogP contribution in [-0.2, 0) is 4.79 Å². The summed E-state index contributed by atoms with van der Waals surface area (Å²) >= 11 is 0. The number of piperazine rings is 1. The molecule has 1 fully saturated rings. The number of amides is 1. The lowest BCUT2D eigenvalue weighted by molar-refractivity contribution is -0.385. The van der Waals surface area contributed by atoms with Gasteiger partial charge >= 0.3 is 0 Å². The van der Waals surface area contributed by atoms with Crippen LogP contribution in [0.5, 0.6) is 0 Å². The summed E-state index contributed by atoms with van der Waals surface area (Å²) in [6, 6.07) is 7.07. The van der Waals surface area contributed by atoms with Gasteiger partial charge in [-0.2, -0.15) is 0 Å². The Labute approximate surface area is 110 Å². The standard InChI is InChI=1S/C13H14N3O3/c17-13(15-8-6-14-7-9-15)5-4-11-2-1-3-12(10-11)16(18)19/h1-2,4-5,10,14H,6-9H2/b5-4+. The van der Waals surface area contributed by atoms with Crippen LogP contribution in [0.3, 0.4) is 0 Å². The second-order valence-electron chi connectivity index (χ2n) is 4.17. The Hall–Kier alpha value is -2.21. The van der Waals surface area contributed by atoms with Gasteiger partial charge in [-0.3, -0.25) is 14.9 Å². The van der Waals surface area contributed by atoms with E-state index in [0.29, 0.717) is 18.7 Å². The number of carbonyl (C=O) groups excluding carboxylic acids is 1. The number of nitro groups is 1.